The molecule has 0 radical (unpaired) electrons. The van der Waals surface area contributed by atoms with Crippen LogP contribution in [-0.2, 0) is 36.3 Å². The Morgan fingerprint density at radius 2 is 0.804 bits per heavy atom. The zero-order valence-electron chi connectivity index (χ0n) is 31.1. The first-order valence-electron chi connectivity index (χ1n) is 18.1. The fraction of sp³-hybridized carbons (Fsp3) is 0.676. The van der Waals surface area contributed by atoms with E-state index in [2.05, 4.69) is 104 Å². The van der Waals surface area contributed by atoms with Crippen molar-refractivity contribution in [1.29, 1.82) is 0 Å². The van der Waals surface area contributed by atoms with Gasteiger partial charge in [-0.05, 0) is 84.6 Å². The molecule has 0 spiro atoms. The van der Waals surface area contributed by atoms with E-state index < -0.39 is 29.9 Å². The molecular weight excluding hydrogens is 801 g/mol. The Labute approximate surface area is 318 Å². The quantitative estimate of drug-likeness (QED) is 0.132. The van der Waals surface area contributed by atoms with Crippen LogP contribution < -0.4 is 21.2 Å². The van der Waals surface area contributed by atoms with Crippen molar-refractivity contribution in [1.82, 2.24) is 0 Å². The fourth-order valence-electron chi connectivity index (χ4n) is 8.85. The van der Waals surface area contributed by atoms with E-state index in [4.69, 9.17) is 13.0 Å². The molecule has 4 heterocycles. The van der Waals surface area contributed by atoms with Crippen molar-refractivity contribution in [2.24, 2.45) is 0 Å². The van der Waals surface area contributed by atoms with E-state index in [0.717, 1.165) is 48.3 Å². The summed E-state index contributed by atoms with van der Waals surface area (Å²) < 4.78 is 86.7. The van der Waals surface area contributed by atoms with Crippen molar-refractivity contribution in [2.45, 2.75) is 158 Å². The van der Waals surface area contributed by atoms with E-state index >= 15 is 0 Å². The molecule has 5 nitrogen and oxygen atoms in total. The van der Waals surface area contributed by atoms with Gasteiger partial charge in [0.25, 0.3) is 0 Å². The number of hydrogen-bond donors (Lipinski definition) is 0. The van der Waals surface area contributed by atoms with Crippen molar-refractivity contribution < 1.29 is 52.3 Å². The third-order valence-electron chi connectivity index (χ3n) is 11.9. The number of hydrogen-bond acceptors (Lipinski definition) is 5. The Balaban J connectivity index is 0.000000225. The molecule has 0 saturated carbocycles. The van der Waals surface area contributed by atoms with Crippen LogP contribution in [0.4, 0.5) is 13.2 Å². The summed E-state index contributed by atoms with van der Waals surface area (Å²) in [4.78, 5) is 0. The smallest absolute Gasteiger partial charge is 0.741 e. The van der Waals surface area contributed by atoms with Crippen molar-refractivity contribution in [3.63, 3.8) is 0 Å². The largest absolute Gasteiger partial charge is 1.00 e. The van der Waals surface area contributed by atoms with Gasteiger partial charge in [-0.2, -0.15) is 13.2 Å². The maximum Gasteiger partial charge on any atom is 1.00 e. The van der Waals surface area contributed by atoms with Crippen LogP contribution in [0.15, 0.2) is 48.5 Å². The molecule has 8 atom stereocenters. The number of alkyl halides is 3. The predicted octanol–water partition coefficient (Wildman–Crippen LogP) is 9.90. The number of rotatable bonds is 4. The fourth-order valence-corrected chi connectivity index (χ4v) is 24.3. The van der Waals surface area contributed by atoms with Crippen LogP contribution in [0.2, 0.25) is 0 Å². The molecule has 2 aromatic rings. The summed E-state index contributed by atoms with van der Waals surface area (Å²) in [6.45, 7) is 18.5. The first kappa shape index (κ1) is 45.4. The summed E-state index contributed by atoms with van der Waals surface area (Å²) in [6, 6.07) is 17.6. The van der Waals surface area contributed by atoms with E-state index in [9.17, 15) is 22.3 Å². The van der Waals surface area contributed by atoms with Crippen LogP contribution in [0, 0.1) is 0 Å². The number of benzene rings is 2. The molecule has 0 aliphatic carbocycles. The third kappa shape index (κ3) is 9.34. The van der Waals surface area contributed by atoms with Gasteiger partial charge in [-0.25, -0.2) is 8.42 Å². The van der Waals surface area contributed by atoms with Crippen molar-refractivity contribution in [3.8, 4) is 0 Å². The van der Waals surface area contributed by atoms with Gasteiger partial charge in [0, 0.05) is 33.2 Å². The standard InChI is InChI=1S/2C18H28OP2.CHF3O3S.Cu/c2*1-13-9-10-14(2)20(13)17-7-5-6-8-18(17)21(19)15(3)11-12-16(21)4;2-1(3,4)8(5,6)7;/h2*5-8,13-16H,9-12H2,1-4H3;(H,5,6,7);/q;;;+1/p-1/t2*13-,14-,15-,16-;;/m11../s1. The van der Waals surface area contributed by atoms with E-state index in [-0.39, 0.29) is 32.9 Å². The molecule has 292 valence electrons. The second-order valence-electron chi connectivity index (χ2n) is 15.2. The van der Waals surface area contributed by atoms with Crippen molar-refractivity contribution >= 4 is 61.5 Å². The third-order valence-corrected chi connectivity index (χ3v) is 28.1. The normalized spacial score (nSPS) is 32.0. The second-order valence-corrected chi connectivity index (χ2v) is 30.0. The first-order valence-corrected chi connectivity index (χ1v) is 26.2. The van der Waals surface area contributed by atoms with Crippen LogP contribution in [0.5, 0.6) is 0 Å². The van der Waals surface area contributed by atoms with Crippen LogP contribution in [0.25, 0.3) is 0 Å². The Kier molecular flexibility index (Phi) is 15.9. The molecule has 4 aliphatic heterocycles. The SMILES string of the molecule is C[C@@H]1CC[C@@H](C)P1c1ccccc1P1(=O)[C@H](C)CC[C@H]1C.C[C@@H]1CC[C@@H](C)P1c1ccccc1P1(=O)[C@H](C)CC[C@H]1C.O=S(=O)([O-])C(F)(F)F.[Cu+]. The van der Waals surface area contributed by atoms with E-state index in [1.807, 2.05) is 0 Å². The Bertz CT molecular complexity index is 1540. The first-order chi connectivity index (χ1) is 23.2. The molecule has 0 amide bonds. The van der Waals surface area contributed by atoms with Crippen molar-refractivity contribution in [2.75, 3.05) is 0 Å². The molecule has 6 rings (SSSR count). The molecule has 0 bridgehead atoms. The predicted molar refractivity (Wildman–Crippen MR) is 209 cm³/mol. The Morgan fingerprint density at radius 1 is 0.569 bits per heavy atom. The van der Waals surface area contributed by atoms with Crippen LogP contribution in [0.3, 0.4) is 0 Å². The van der Waals surface area contributed by atoms with Gasteiger partial charge in [0.15, 0.2) is 10.1 Å². The topological polar surface area (TPSA) is 91.3 Å². The Morgan fingerprint density at radius 3 is 1.04 bits per heavy atom. The van der Waals surface area contributed by atoms with E-state index in [0.29, 0.717) is 22.6 Å². The van der Waals surface area contributed by atoms with Crippen LogP contribution in [0.1, 0.15) is 107 Å². The summed E-state index contributed by atoms with van der Waals surface area (Å²) in [5, 5.41) is 5.48. The molecule has 14 heteroatoms. The van der Waals surface area contributed by atoms with Gasteiger partial charge >= 0.3 is 22.6 Å². The summed E-state index contributed by atoms with van der Waals surface area (Å²) in [6.07, 6.45) is 9.91. The zero-order chi connectivity index (χ0) is 37.4. The molecule has 51 heavy (non-hydrogen) atoms. The molecule has 4 saturated heterocycles. The summed E-state index contributed by atoms with van der Waals surface area (Å²) in [7, 11) is -10.8. The van der Waals surface area contributed by atoms with Gasteiger partial charge in [-0.1, -0.05) is 120 Å². The maximum atomic E-state index is 13.9. The molecule has 0 unspecified atom stereocenters. The van der Waals surface area contributed by atoms with Gasteiger partial charge in [0.2, 0.25) is 0 Å². The van der Waals surface area contributed by atoms with Gasteiger partial charge in [-0.3, -0.25) is 0 Å². The number of halogens is 3. The maximum absolute atomic E-state index is 13.9. The molecule has 0 N–H and O–H groups in total. The molecule has 0 aromatic heterocycles. The van der Waals surface area contributed by atoms with Crippen molar-refractivity contribution in [3.05, 3.63) is 48.5 Å². The monoisotopic (exact) mass is 856 g/mol. The molecule has 4 fully saturated rings. The second kappa shape index (κ2) is 17.8. The van der Waals surface area contributed by atoms with E-state index in [1.54, 1.807) is 0 Å². The minimum absolute atomic E-state index is 0. The zero-order valence-corrected chi connectivity index (χ0v) is 36.4. The van der Waals surface area contributed by atoms with Gasteiger partial charge in [-0.15, -0.1) is 0 Å². The average molecular weight is 857 g/mol. The molecular formula is C37H56CuF3O5P4S. The average Bonchev–Trinajstić information content (AvgIpc) is 3.74. The van der Waals surface area contributed by atoms with E-state index in [1.165, 1.54) is 46.9 Å². The summed E-state index contributed by atoms with van der Waals surface area (Å²) in [5.74, 6) is 0. The molecule has 4 aliphatic rings. The molecule has 2 aromatic carbocycles. The van der Waals surface area contributed by atoms with Crippen LogP contribution >= 0.6 is 30.1 Å². The van der Waals surface area contributed by atoms with Gasteiger partial charge in [0.1, 0.15) is 14.3 Å². The minimum Gasteiger partial charge on any atom is -0.741 e. The summed E-state index contributed by atoms with van der Waals surface area (Å²) >= 11 is 0. The van der Waals surface area contributed by atoms with Crippen LogP contribution in [-0.4, -0.2) is 63.8 Å². The summed E-state index contributed by atoms with van der Waals surface area (Å²) in [5.41, 5.74) is -1.01. The van der Waals surface area contributed by atoms with Gasteiger partial charge < -0.3 is 13.7 Å². The Hall–Kier alpha value is -0.0205. The van der Waals surface area contributed by atoms with Gasteiger partial charge in [0.05, 0.1) is 0 Å². The minimum atomic E-state index is -6.09.